The van der Waals surface area contributed by atoms with Crippen LogP contribution in [0.4, 0.5) is 17.2 Å². The van der Waals surface area contributed by atoms with Crippen molar-refractivity contribution in [1.29, 1.82) is 0 Å². The molecule has 3 rings (SSSR count). The van der Waals surface area contributed by atoms with E-state index >= 15 is 0 Å². The van der Waals surface area contributed by atoms with E-state index in [9.17, 15) is 4.79 Å². The number of benzene rings is 1. The smallest absolute Gasteiger partial charge is 0.255 e. The molecule has 0 unspecified atom stereocenters. The van der Waals surface area contributed by atoms with E-state index < -0.39 is 0 Å². The van der Waals surface area contributed by atoms with Crippen LogP contribution in [-0.2, 0) is 0 Å². The van der Waals surface area contributed by atoms with Gasteiger partial charge in [0.25, 0.3) is 5.56 Å². The summed E-state index contributed by atoms with van der Waals surface area (Å²) in [6.07, 6.45) is 6.97. The maximum atomic E-state index is 11.6. The Hall–Kier alpha value is -3.34. The molecule has 0 atom stereocenters. The molecule has 1 aromatic carbocycles. The molecule has 0 aliphatic carbocycles. The Labute approximate surface area is 133 Å². The first-order chi connectivity index (χ1) is 11.2. The molecule has 0 radical (unpaired) electrons. The number of nitrogen functional groups attached to an aromatic ring is 1. The van der Waals surface area contributed by atoms with E-state index in [0.717, 1.165) is 11.3 Å². The van der Waals surface area contributed by atoms with E-state index in [1.807, 2.05) is 30.3 Å². The first-order valence-electron chi connectivity index (χ1n) is 7.16. The van der Waals surface area contributed by atoms with Gasteiger partial charge < -0.3 is 16.0 Å². The van der Waals surface area contributed by atoms with Gasteiger partial charge in [-0.3, -0.25) is 4.79 Å². The molecule has 5 heteroatoms. The number of pyridine rings is 2. The van der Waals surface area contributed by atoms with E-state index in [4.69, 9.17) is 5.73 Å². The van der Waals surface area contributed by atoms with Gasteiger partial charge in [-0.15, -0.1) is 0 Å². The lowest BCUT2D eigenvalue weighted by molar-refractivity contribution is 1.23. The summed E-state index contributed by atoms with van der Waals surface area (Å²) in [6, 6.07) is 14.9. The van der Waals surface area contributed by atoms with E-state index in [2.05, 4.69) is 15.3 Å². The monoisotopic (exact) mass is 304 g/mol. The standard InChI is InChI=1S/C18H16N4O/c19-16-7-3-10-20-17(16)22-15-6-1-4-13(12-15)8-9-14-5-2-11-21-18(14)23/h1-12H,19H2,(H,20,22)(H,21,23)/b9-8+. The second-order valence-electron chi connectivity index (χ2n) is 4.98. The van der Waals surface area contributed by atoms with Crippen LogP contribution in [0.25, 0.3) is 12.2 Å². The van der Waals surface area contributed by atoms with Gasteiger partial charge in [0.2, 0.25) is 0 Å². The molecule has 4 N–H and O–H groups in total. The number of anilines is 3. The molecule has 3 aromatic rings. The molecule has 2 heterocycles. The zero-order valence-corrected chi connectivity index (χ0v) is 12.4. The van der Waals surface area contributed by atoms with Crippen LogP contribution >= 0.6 is 0 Å². The van der Waals surface area contributed by atoms with Crippen molar-refractivity contribution in [2.45, 2.75) is 0 Å². The molecule has 0 spiro atoms. The number of hydrogen-bond acceptors (Lipinski definition) is 4. The number of nitrogens with two attached hydrogens (primary N) is 1. The van der Waals surface area contributed by atoms with E-state index in [0.29, 0.717) is 17.1 Å². The lowest BCUT2D eigenvalue weighted by atomic mass is 10.1. The summed E-state index contributed by atoms with van der Waals surface area (Å²) in [5.41, 5.74) is 8.81. The van der Waals surface area contributed by atoms with Crippen LogP contribution in [0, 0.1) is 0 Å². The largest absolute Gasteiger partial charge is 0.396 e. The van der Waals surface area contributed by atoms with Gasteiger partial charge in [0.05, 0.1) is 5.69 Å². The number of aromatic amines is 1. The summed E-state index contributed by atoms with van der Waals surface area (Å²) in [4.78, 5) is 18.5. The van der Waals surface area contributed by atoms with Crippen molar-refractivity contribution in [2.24, 2.45) is 0 Å². The van der Waals surface area contributed by atoms with Gasteiger partial charge in [-0.05, 0) is 48.0 Å². The number of hydrogen-bond donors (Lipinski definition) is 3. The van der Waals surface area contributed by atoms with E-state index in [-0.39, 0.29) is 5.56 Å². The minimum atomic E-state index is -0.112. The van der Waals surface area contributed by atoms with Crippen molar-refractivity contribution < 1.29 is 0 Å². The van der Waals surface area contributed by atoms with Crippen LogP contribution in [0.15, 0.2) is 65.7 Å². The second-order valence-corrected chi connectivity index (χ2v) is 4.98. The van der Waals surface area contributed by atoms with Crippen LogP contribution in [0.5, 0.6) is 0 Å². The molecule has 0 saturated heterocycles. The average molecular weight is 304 g/mol. The Morgan fingerprint density at radius 2 is 2.00 bits per heavy atom. The lowest BCUT2D eigenvalue weighted by Gasteiger charge is -2.08. The quantitative estimate of drug-likeness (QED) is 0.690. The number of nitrogens with one attached hydrogen (secondary N) is 2. The Bertz CT molecular complexity index is 899. The summed E-state index contributed by atoms with van der Waals surface area (Å²) < 4.78 is 0. The van der Waals surface area contributed by atoms with Gasteiger partial charge in [-0.1, -0.05) is 18.2 Å². The average Bonchev–Trinajstić information content (AvgIpc) is 2.57. The summed E-state index contributed by atoms with van der Waals surface area (Å²) in [5.74, 6) is 0.619. The molecule has 0 aliphatic heterocycles. The van der Waals surface area contributed by atoms with Gasteiger partial charge in [0, 0.05) is 23.6 Å². The first-order valence-corrected chi connectivity index (χ1v) is 7.16. The van der Waals surface area contributed by atoms with Gasteiger partial charge in [-0.2, -0.15) is 0 Å². The lowest BCUT2D eigenvalue weighted by Crippen LogP contribution is -2.06. The Morgan fingerprint density at radius 1 is 1.09 bits per heavy atom. The highest BCUT2D eigenvalue weighted by Crippen LogP contribution is 2.21. The fraction of sp³-hybridized carbons (Fsp3) is 0. The minimum absolute atomic E-state index is 0.112. The summed E-state index contributed by atoms with van der Waals surface area (Å²) in [5, 5.41) is 3.18. The second kappa shape index (κ2) is 6.62. The fourth-order valence-electron chi connectivity index (χ4n) is 2.13. The fourth-order valence-corrected chi connectivity index (χ4v) is 2.13. The molecule has 0 bridgehead atoms. The topological polar surface area (TPSA) is 83.8 Å². The summed E-state index contributed by atoms with van der Waals surface area (Å²) in [6.45, 7) is 0. The number of nitrogens with zero attached hydrogens (tertiary/aromatic N) is 1. The Balaban J connectivity index is 1.82. The van der Waals surface area contributed by atoms with Crippen molar-refractivity contribution in [3.8, 4) is 0 Å². The first kappa shape index (κ1) is 14.6. The number of rotatable bonds is 4. The molecule has 0 amide bonds. The van der Waals surface area contributed by atoms with Crippen molar-refractivity contribution in [1.82, 2.24) is 9.97 Å². The minimum Gasteiger partial charge on any atom is -0.396 e. The summed E-state index contributed by atoms with van der Waals surface area (Å²) >= 11 is 0. The molecular weight excluding hydrogens is 288 g/mol. The molecule has 0 saturated carbocycles. The third-order valence-electron chi connectivity index (χ3n) is 3.29. The predicted octanol–water partition coefficient (Wildman–Crippen LogP) is 3.27. The van der Waals surface area contributed by atoms with Crippen molar-refractivity contribution in [2.75, 3.05) is 11.1 Å². The Morgan fingerprint density at radius 3 is 2.83 bits per heavy atom. The van der Waals surface area contributed by atoms with E-state index in [1.165, 1.54) is 0 Å². The highest BCUT2D eigenvalue weighted by atomic mass is 16.1. The number of aromatic nitrogens is 2. The molecule has 23 heavy (non-hydrogen) atoms. The van der Waals surface area contributed by atoms with Gasteiger partial charge in [0.1, 0.15) is 0 Å². The van der Waals surface area contributed by atoms with Crippen molar-refractivity contribution >= 4 is 29.3 Å². The third kappa shape index (κ3) is 3.65. The van der Waals surface area contributed by atoms with Crippen molar-refractivity contribution in [3.63, 3.8) is 0 Å². The Kier molecular flexibility index (Phi) is 4.20. The van der Waals surface area contributed by atoms with Crippen LogP contribution < -0.4 is 16.6 Å². The highest BCUT2D eigenvalue weighted by molar-refractivity contribution is 5.73. The van der Waals surface area contributed by atoms with Gasteiger partial charge >= 0.3 is 0 Å². The predicted molar refractivity (Wildman–Crippen MR) is 94.4 cm³/mol. The molecule has 2 aromatic heterocycles. The molecule has 114 valence electrons. The number of H-pyrrole nitrogens is 1. The molecular formula is C18H16N4O. The molecule has 5 nitrogen and oxygen atoms in total. The highest BCUT2D eigenvalue weighted by Gasteiger charge is 2.00. The molecule has 0 aliphatic rings. The normalized spacial score (nSPS) is 10.8. The maximum absolute atomic E-state index is 11.6. The van der Waals surface area contributed by atoms with Crippen molar-refractivity contribution in [3.05, 3.63) is 82.4 Å². The zero-order chi connectivity index (χ0) is 16.1. The third-order valence-corrected chi connectivity index (χ3v) is 3.29. The summed E-state index contributed by atoms with van der Waals surface area (Å²) in [7, 11) is 0. The van der Waals surface area contributed by atoms with Crippen LogP contribution in [0.3, 0.4) is 0 Å². The zero-order valence-electron chi connectivity index (χ0n) is 12.4. The van der Waals surface area contributed by atoms with Crippen LogP contribution in [-0.4, -0.2) is 9.97 Å². The van der Waals surface area contributed by atoms with Gasteiger partial charge in [0.15, 0.2) is 5.82 Å². The van der Waals surface area contributed by atoms with Crippen LogP contribution in [0.2, 0.25) is 0 Å². The SMILES string of the molecule is Nc1cccnc1Nc1cccc(/C=C/c2ccc[nH]c2=O)c1. The van der Waals surface area contributed by atoms with Crippen LogP contribution in [0.1, 0.15) is 11.1 Å². The molecule has 0 fully saturated rings. The van der Waals surface area contributed by atoms with E-state index in [1.54, 1.807) is 42.7 Å². The van der Waals surface area contributed by atoms with Gasteiger partial charge in [-0.25, -0.2) is 4.98 Å². The maximum Gasteiger partial charge on any atom is 0.255 e.